The van der Waals surface area contributed by atoms with E-state index in [9.17, 15) is 39.0 Å². The first kappa shape index (κ1) is 23.8. The second-order valence-corrected chi connectivity index (χ2v) is 9.24. The second-order valence-electron chi connectivity index (χ2n) is 6.69. The molecule has 2 fully saturated rings. The lowest BCUT2D eigenvalue weighted by Crippen LogP contribution is -2.50. The smallest absolute Gasteiger partial charge is 0.327 e. The molecule has 2 saturated heterocycles. The number of nitrogens with one attached hydrogen (secondary N) is 4. The summed E-state index contributed by atoms with van der Waals surface area (Å²) >= 11 is 0. The SMILES string of the molecule is O=C1CC[C@@H](C(=O)NC(CSSC[C@H](NC(=O)[C@@H]2CCC(=O)N2)C(=O)O)C(=O)O)N1. The molecular weight excluding hydrogens is 440 g/mol. The maximum atomic E-state index is 12.0. The molecule has 166 valence electrons. The van der Waals surface area contributed by atoms with E-state index in [1.165, 1.54) is 0 Å². The number of rotatable bonds is 11. The molecule has 4 atom stereocenters. The van der Waals surface area contributed by atoms with Crippen LogP contribution in [0.25, 0.3) is 0 Å². The highest BCUT2D eigenvalue weighted by molar-refractivity contribution is 8.76. The van der Waals surface area contributed by atoms with Crippen LogP contribution in [0.3, 0.4) is 0 Å². The van der Waals surface area contributed by atoms with Gasteiger partial charge in [-0.2, -0.15) is 0 Å². The maximum Gasteiger partial charge on any atom is 0.327 e. The van der Waals surface area contributed by atoms with E-state index >= 15 is 0 Å². The van der Waals surface area contributed by atoms with Crippen molar-refractivity contribution in [1.82, 2.24) is 21.3 Å². The van der Waals surface area contributed by atoms with Crippen molar-refractivity contribution in [2.75, 3.05) is 11.5 Å². The summed E-state index contributed by atoms with van der Waals surface area (Å²) in [4.78, 5) is 69.2. The van der Waals surface area contributed by atoms with E-state index in [0.717, 1.165) is 21.6 Å². The van der Waals surface area contributed by atoms with Gasteiger partial charge in [0, 0.05) is 24.3 Å². The topological polar surface area (TPSA) is 191 Å². The van der Waals surface area contributed by atoms with Gasteiger partial charge in [-0.15, -0.1) is 0 Å². The molecule has 6 N–H and O–H groups in total. The molecule has 4 amide bonds. The van der Waals surface area contributed by atoms with Gasteiger partial charge >= 0.3 is 11.9 Å². The summed E-state index contributed by atoms with van der Waals surface area (Å²) < 4.78 is 0. The van der Waals surface area contributed by atoms with Crippen molar-refractivity contribution in [3.8, 4) is 0 Å². The summed E-state index contributed by atoms with van der Waals surface area (Å²) in [6.45, 7) is 0. The molecule has 30 heavy (non-hydrogen) atoms. The fraction of sp³-hybridized carbons (Fsp3) is 0.625. The number of aliphatic carboxylic acids is 2. The van der Waals surface area contributed by atoms with Crippen LogP contribution in [0.2, 0.25) is 0 Å². The number of hydrogen-bond donors (Lipinski definition) is 6. The van der Waals surface area contributed by atoms with Crippen molar-refractivity contribution in [2.24, 2.45) is 0 Å². The van der Waals surface area contributed by atoms with Gasteiger partial charge in [0.05, 0.1) is 0 Å². The Labute approximate surface area is 179 Å². The molecule has 2 heterocycles. The molecule has 0 aromatic carbocycles. The first-order valence-corrected chi connectivity index (χ1v) is 11.6. The third kappa shape index (κ3) is 7.09. The van der Waals surface area contributed by atoms with E-state index in [1.807, 2.05) is 0 Å². The van der Waals surface area contributed by atoms with Gasteiger partial charge in [0.15, 0.2) is 0 Å². The van der Waals surface area contributed by atoms with Crippen LogP contribution in [0.4, 0.5) is 0 Å². The monoisotopic (exact) mass is 462 g/mol. The van der Waals surface area contributed by atoms with Crippen LogP contribution in [0.15, 0.2) is 0 Å². The maximum absolute atomic E-state index is 12.0. The summed E-state index contributed by atoms with van der Waals surface area (Å²) in [5.41, 5.74) is 0. The molecule has 0 aromatic heterocycles. The third-order valence-corrected chi connectivity index (χ3v) is 6.83. The van der Waals surface area contributed by atoms with Crippen LogP contribution < -0.4 is 21.3 Å². The molecule has 0 saturated carbocycles. The van der Waals surface area contributed by atoms with Crippen LogP contribution in [-0.2, 0) is 28.8 Å². The Balaban J connectivity index is 1.76. The molecule has 0 aromatic rings. The molecule has 14 heteroatoms. The van der Waals surface area contributed by atoms with Crippen LogP contribution in [0.5, 0.6) is 0 Å². The zero-order valence-corrected chi connectivity index (χ0v) is 17.3. The Bertz CT molecular complexity index is 674. The van der Waals surface area contributed by atoms with Gasteiger partial charge in [-0.25, -0.2) is 9.59 Å². The summed E-state index contributed by atoms with van der Waals surface area (Å²) in [5.74, 6) is -4.35. The van der Waals surface area contributed by atoms with Gasteiger partial charge in [0.2, 0.25) is 23.6 Å². The summed E-state index contributed by atoms with van der Waals surface area (Å²) in [7, 11) is 2.06. The van der Waals surface area contributed by atoms with E-state index in [4.69, 9.17) is 0 Å². The van der Waals surface area contributed by atoms with Crippen molar-refractivity contribution in [1.29, 1.82) is 0 Å². The molecule has 2 aliphatic heterocycles. The summed E-state index contributed by atoms with van der Waals surface area (Å²) in [6, 6.07) is -3.97. The van der Waals surface area contributed by atoms with E-state index in [2.05, 4.69) is 21.3 Å². The van der Waals surface area contributed by atoms with Crippen LogP contribution in [0.1, 0.15) is 25.7 Å². The van der Waals surface area contributed by atoms with Crippen molar-refractivity contribution < 1.29 is 39.0 Å². The van der Waals surface area contributed by atoms with Gasteiger partial charge in [-0.3, -0.25) is 19.2 Å². The molecule has 0 radical (unpaired) electrons. The standard InChI is InChI=1S/C16H22N4O8S2/c21-11-3-1-7(17-11)13(23)19-9(15(25)26)5-29-30-6-10(16(27)28)20-14(24)8-2-4-12(22)18-8/h7-10H,1-6H2,(H,17,21)(H,18,22)(H,19,23)(H,20,24)(H,25,26)(H,27,28)/t7-,8-,9-,10?/m0/s1. The molecule has 2 aliphatic rings. The van der Waals surface area contributed by atoms with E-state index in [1.54, 1.807) is 0 Å². The van der Waals surface area contributed by atoms with Crippen molar-refractivity contribution in [2.45, 2.75) is 49.9 Å². The average Bonchev–Trinajstić information content (AvgIpc) is 3.30. The van der Waals surface area contributed by atoms with Crippen molar-refractivity contribution >= 4 is 57.2 Å². The van der Waals surface area contributed by atoms with E-state index in [0.29, 0.717) is 12.8 Å². The Morgan fingerprint density at radius 1 is 0.833 bits per heavy atom. The number of carbonyl (C=O) groups is 6. The largest absolute Gasteiger partial charge is 0.480 e. The minimum absolute atomic E-state index is 0.0502. The van der Waals surface area contributed by atoms with Gasteiger partial charge in [0.25, 0.3) is 0 Å². The number of hydrogen-bond acceptors (Lipinski definition) is 8. The van der Waals surface area contributed by atoms with Crippen LogP contribution >= 0.6 is 21.6 Å². The Kier molecular flexibility index (Phi) is 8.77. The highest BCUT2D eigenvalue weighted by Crippen LogP contribution is 2.23. The number of amides is 4. The number of carboxylic acid groups (broad SMARTS) is 2. The average molecular weight is 463 g/mol. The molecule has 0 spiro atoms. The lowest BCUT2D eigenvalue weighted by molar-refractivity contribution is -0.141. The number of carboxylic acids is 2. The molecule has 12 nitrogen and oxygen atoms in total. The quantitative estimate of drug-likeness (QED) is 0.149. The summed E-state index contributed by atoms with van der Waals surface area (Å²) in [5, 5.41) is 28.1. The predicted molar refractivity (Wildman–Crippen MR) is 106 cm³/mol. The van der Waals surface area contributed by atoms with Crippen LogP contribution in [0, 0.1) is 0 Å². The highest BCUT2D eigenvalue weighted by Gasteiger charge is 2.32. The fourth-order valence-electron chi connectivity index (χ4n) is 2.75. The Morgan fingerprint density at radius 2 is 1.20 bits per heavy atom. The normalized spacial score (nSPS) is 22.5. The first-order valence-electron chi connectivity index (χ1n) is 9.07. The van der Waals surface area contributed by atoms with Crippen LogP contribution in [-0.4, -0.2) is 81.5 Å². The lowest BCUT2D eigenvalue weighted by Gasteiger charge is -2.18. The zero-order chi connectivity index (χ0) is 22.3. The summed E-state index contributed by atoms with van der Waals surface area (Å²) in [6.07, 6.45) is 0.987. The van der Waals surface area contributed by atoms with Crippen molar-refractivity contribution in [3.05, 3.63) is 0 Å². The molecule has 1 unspecified atom stereocenters. The Morgan fingerprint density at radius 3 is 1.47 bits per heavy atom. The third-order valence-electron chi connectivity index (χ3n) is 4.41. The van der Waals surface area contributed by atoms with E-state index in [-0.39, 0.29) is 36.2 Å². The first-order chi connectivity index (χ1) is 14.2. The van der Waals surface area contributed by atoms with Gasteiger partial charge in [-0.1, -0.05) is 21.6 Å². The minimum atomic E-state index is -1.26. The van der Waals surface area contributed by atoms with Gasteiger partial charge in [-0.05, 0) is 12.8 Å². The fourth-order valence-corrected chi connectivity index (χ4v) is 5.06. The molecule has 0 aliphatic carbocycles. The molecular formula is C16H22N4O8S2. The minimum Gasteiger partial charge on any atom is -0.480 e. The highest BCUT2D eigenvalue weighted by atomic mass is 33.1. The van der Waals surface area contributed by atoms with Gasteiger partial charge < -0.3 is 31.5 Å². The molecule has 2 rings (SSSR count). The Hall–Kier alpha value is -2.48. The number of carbonyl (C=O) groups excluding carboxylic acids is 4. The predicted octanol–water partition coefficient (Wildman–Crippen LogP) is -1.94. The van der Waals surface area contributed by atoms with Crippen molar-refractivity contribution in [3.63, 3.8) is 0 Å². The van der Waals surface area contributed by atoms with E-state index < -0.39 is 47.9 Å². The molecule has 0 bridgehead atoms. The second kappa shape index (κ2) is 11.1. The van der Waals surface area contributed by atoms with Gasteiger partial charge in [0.1, 0.15) is 24.2 Å². The zero-order valence-electron chi connectivity index (χ0n) is 15.7. The lowest BCUT2D eigenvalue weighted by atomic mass is 10.2.